The van der Waals surface area contributed by atoms with Crippen LogP contribution in [0.15, 0.2) is 28.8 Å². The zero-order valence-corrected chi connectivity index (χ0v) is 10.5. The molecule has 0 aliphatic rings. The summed E-state index contributed by atoms with van der Waals surface area (Å²) in [5.41, 5.74) is 7.57. The standard InChI is InChI=1S/C12H15N3OS/c1-2-17-8-11-14-12(16-15-11)10-5-3-9(7-13)4-6-10/h3-6H,2,7-8,13H2,1H3. The number of hydrogen-bond acceptors (Lipinski definition) is 5. The fourth-order valence-electron chi connectivity index (χ4n) is 1.41. The molecule has 0 spiro atoms. The van der Waals surface area contributed by atoms with Crippen molar-refractivity contribution in [2.24, 2.45) is 5.73 Å². The number of thioether (sulfide) groups is 1. The second-order valence-corrected chi connectivity index (χ2v) is 4.83. The zero-order chi connectivity index (χ0) is 12.1. The first-order valence-electron chi connectivity index (χ1n) is 5.53. The van der Waals surface area contributed by atoms with Gasteiger partial charge in [0.1, 0.15) is 0 Å². The van der Waals surface area contributed by atoms with E-state index in [4.69, 9.17) is 10.3 Å². The van der Waals surface area contributed by atoms with Crippen LogP contribution in [-0.2, 0) is 12.3 Å². The number of rotatable bonds is 5. The van der Waals surface area contributed by atoms with Crippen LogP contribution in [0.25, 0.3) is 11.5 Å². The summed E-state index contributed by atoms with van der Waals surface area (Å²) in [6, 6.07) is 7.85. The molecular formula is C12H15N3OS. The van der Waals surface area contributed by atoms with Gasteiger partial charge in [-0.05, 0) is 23.4 Å². The van der Waals surface area contributed by atoms with Gasteiger partial charge in [-0.1, -0.05) is 24.2 Å². The van der Waals surface area contributed by atoms with E-state index < -0.39 is 0 Å². The first-order chi connectivity index (χ1) is 8.33. The third-order valence-electron chi connectivity index (χ3n) is 2.34. The smallest absolute Gasteiger partial charge is 0.257 e. The Balaban J connectivity index is 2.12. The van der Waals surface area contributed by atoms with Crippen molar-refractivity contribution in [3.05, 3.63) is 35.7 Å². The highest BCUT2D eigenvalue weighted by molar-refractivity contribution is 7.98. The first-order valence-corrected chi connectivity index (χ1v) is 6.68. The Kier molecular flexibility index (Phi) is 4.17. The summed E-state index contributed by atoms with van der Waals surface area (Å²) in [4.78, 5) is 4.34. The lowest BCUT2D eigenvalue weighted by Crippen LogP contribution is -1.95. The van der Waals surface area contributed by atoms with E-state index in [-0.39, 0.29) is 0 Å². The van der Waals surface area contributed by atoms with E-state index in [9.17, 15) is 0 Å². The molecule has 0 amide bonds. The van der Waals surface area contributed by atoms with E-state index in [2.05, 4.69) is 17.1 Å². The molecular weight excluding hydrogens is 234 g/mol. The van der Waals surface area contributed by atoms with Crippen molar-refractivity contribution >= 4 is 11.8 Å². The quantitative estimate of drug-likeness (QED) is 0.881. The molecule has 0 aliphatic carbocycles. The molecule has 0 bridgehead atoms. The molecule has 0 radical (unpaired) electrons. The summed E-state index contributed by atoms with van der Waals surface area (Å²) in [6.45, 7) is 2.65. The third-order valence-corrected chi connectivity index (χ3v) is 3.21. The minimum atomic E-state index is 0.544. The average molecular weight is 249 g/mol. The van der Waals surface area contributed by atoms with Gasteiger partial charge in [0.05, 0.1) is 5.75 Å². The van der Waals surface area contributed by atoms with E-state index in [1.807, 2.05) is 24.3 Å². The van der Waals surface area contributed by atoms with Gasteiger partial charge in [-0.3, -0.25) is 0 Å². The number of aromatic nitrogens is 2. The van der Waals surface area contributed by atoms with Gasteiger partial charge in [0.15, 0.2) is 5.82 Å². The summed E-state index contributed by atoms with van der Waals surface area (Å²) in [7, 11) is 0. The molecule has 0 saturated carbocycles. The van der Waals surface area contributed by atoms with E-state index in [1.54, 1.807) is 11.8 Å². The average Bonchev–Trinajstić information content (AvgIpc) is 2.85. The van der Waals surface area contributed by atoms with Crippen LogP contribution >= 0.6 is 11.8 Å². The van der Waals surface area contributed by atoms with Crippen LogP contribution in [0.3, 0.4) is 0 Å². The predicted octanol–water partition coefficient (Wildman–Crippen LogP) is 2.45. The van der Waals surface area contributed by atoms with Crippen molar-refractivity contribution in [1.29, 1.82) is 0 Å². The molecule has 1 aromatic carbocycles. The Hall–Kier alpha value is -1.33. The maximum atomic E-state index is 5.54. The van der Waals surface area contributed by atoms with E-state index in [1.165, 1.54) is 0 Å². The second-order valence-electron chi connectivity index (χ2n) is 3.55. The van der Waals surface area contributed by atoms with Crippen molar-refractivity contribution in [3.8, 4) is 11.5 Å². The van der Waals surface area contributed by atoms with Crippen LogP contribution < -0.4 is 5.73 Å². The van der Waals surface area contributed by atoms with Crippen LogP contribution in [0.2, 0.25) is 0 Å². The molecule has 0 aliphatic heterocycles. The molecule has 17 heavy (non-hydrogen) atoms. The van der Waals surface area contributed by atoms with Gasteiger partial charge in [-0.2, -0.15) is 16.7 Å². The lowest BCUT2D eigenvalue weighted by Gasteiger charge is -1.97. The highest BCUT2D eigenvalue weighted by Crippen LogP contribution is 2.19. The Bertz CT molecular complexity index is 467. The van der Waals surface area contributed by atoms with E-state index in [0.29, 0.717) is 12.4 Å². The van der Waals surface area contributed by atoms with Gasteiger partial charge in [-0.25, -0.2) is 0 Å². The molecule has 0 saturated heterocycles. The fraction of sp³-hybridized carbons (Fsp3) is 0.333. The highest BCUT2D eigenvalue weighted by Gasteiger charge is 2.08. The molecule has 4 nitrogen and oxygen atoms in total. The first kappa shape index (κ1) is 12.1. The molecule has 2 rings (SSSR count). The lowest BCUT2D eigenvalue weighted by atomic mass is 10.1. The highest BCUT2D eigenvalue weighted by atomic mass is 32.2. The number of benzene rings is 1. The van der Waals surface area contributed by atoms with Crippen molar-refractivity contribution in [2.45, 2.75) is 19.2 Å². The van der Waals surface area contributed by atoms with Gasteiger partial charge >= 0.3 is 0 Å². The summed E-state index contributed by atoms with van der Waals surface area (Å²) >= 11 is 1.77. The molecule has 0 atom stereocenters. The summed E-state index contributed by atoms with van der Waals surface area (Å²) in [5, 5.41) is 3.94. The lowest BCUT2D eigenvalue weighted by molar-refractivity contribution is 0.425. The second kappa shape index (κ2) is 5.84. The Morgan fingerprint density at radius 1 is 1.29 bits per heavy atom. The Labute approximate surface area is 105 Å². The fourth-order valence-corrected chi connectivity index (χ4v) is 1.91. The third kappa shape index (κ3) is 3.08. The van der Waals surface area contributed by atoms with Crippen LogP contribution in [0.1, 0.15) is 18.3 Å². The minimum absolute atomic E-state index is 0.544. The van der Waals surface area contributed by atoms with Gasteiger partial charge in [0.25, 0.3) is 5.89 Å². The molecule has 2 N–H and O–H groups in total. The number of nitrogens with zero attached hydrogens (tertiary/aromatic N) is 2. The Morgan fingerprint density at radius 2 is 2.06 bits per heavy atom. The monoisotopic (exact) mass is 249 g/mol. The topological polar surface area (TPSA) is 64.9 Å². The molecule has 90 valence electrons. The minimum Gasteiger partial charge on any atom is -0.334 e. The normalized spacial score (nSPS) is 10.7. The van der Waals surface area contributed by atoms with Gasteiger partial charge in [0, 0.05) is 12.1 Å². The van der Waals surface area contributed by atoms with Crippen LogP contribution in [0.4, 0.5) is 0 Å². The summed E-state index contributed by atoms with van der Waals surface area (Å²) in [5.74, 6) is 3.16. The van der Waals surface area contributed by atoms with E-state index in [0.717, 1.165) is 28.5 Å². The largest absolute Gasteiger partial charge is 0.334 e. The predicted molar refractivity (Wildman–Crippen MR) is 69.5 cm³/mol. The van der Waals surface area contributed by atoms with Crippen molar-refractivity contribution in [3.63, 3.8) is 0 Å². The van der Waals surface area contributed by atoms with Crippen molar-refractivity contribution < 1.29 is 4.52 Å². The molecule has 5 heteroatoms. The number of nitrogens with two attached hydrogens (primary N) is 1. The summed E-state index contributed by atoms with van der Waals surface area (Å²) in [6.07, 6.45) is 0. The zero-order valence-electron chi connectivity index (χ0n) is 9.72. The Morgan fingerprint density at radius 3 is 2.71 bits per heavy atom. The summed E-state index contributed by atoms with van der Waals surface area (Å²) < 4.78 is 5.22. The van der Waals surface area contributed by atoms with Crippen molar-refractivity contribution in [2.75, 3.05) is 5.75 Å². The van der Waals surface area contributed by atoms with Gasteiger partial charge in [-0.15, -0.1) is 0 Å². The van der Waals surface area contributed by atoms with Gasteiger partial charge in [0.2, 0.25) is 0 Å². The molecule has 1 heterocycles. The molecule has 2 aromatic rings. The molecule has 1 aromatic heterocycles. The maximum absolute atomic E-state index is 5.54. The van der Waals surface area contributed by atoms with Crippen LogP contribution in [0.5, 0.6) is 0 Å². The SMILES string of the molecule is CCSCc1noc(-c2ccc(CN)cc2)n1. The van der Waals surface area contributed by atoms with Crippen molar-refractivity contribution in [1.82, 2.24) is 10.1 Å². The van der Waals surface area contributed by atoms with Crippen LogP contribution in [-0.4, -0.2) is 15.9 Å². The molecule has 0 fully saturated rings. The van der Waals surface area contributed by atoms with E-state index >= 15 is 0 Å². The molecule has 0 unspecified atom stereocenters. The maximum Gasteiger partial charge on any atom is 0.257 e. The van der Waals surface area contributed by atoms with Crippen LogP contribution in [0, 0.1) is 0 Å². The van der Waals surface area contributed by atoms with Gasteiger partial charge < -0.3 is 10.3 Å². The number of hydrogen-bond donors (Lipinski definition) is 1.